The summed E-state index contributed by atoms with van der Waals surface area (Å²) < 4.78 is 5.31. The van der Waals surface area contributed by atoms with Crippen LogP contribution in [-0.4, -0.2) is 43.5 Å². The molecule has 5 heteroatoms. The highest BCUT2D eigenvalue weighted by Gasteiger charge is 2.22. The summed E-state index contributed by atoms with van der Waals surface area (Å²) in [5.41, 5.74) is 1.14. The van der Waals surface area contributed by atoms with E-state index >= 15 is 0 Å². The maximum atomic E-state index is 12.1. The zero-order valence-electron chi connectivity index (χ0n) is 12.1. The van der Waals surface area contributed by atoms with Gasteiger partial charge in [0.25, 0.3) is 0 Å². The Kier molecular flexibility index (Phi) is 5.73. The number of hydrogen-bond donors (Lipinski definition) is 1. The second kappa shape index (κ2) is 7.55. The molecule has 20 heavy (non-hydrogen) atoms. The maximum absolute atomic E-state index is 12.1. The standard InChI is InChI=1S/C15H22N2O2S/c1-19-13-6-8-17(9-7-13)15(18)16-11-12-4-3-5-14(10-12)20-2/h3-5,10,13H,6-9,11H2,1-2H3,(H,16,18). The van der Waals surface area contributed by atoms with Crippen molar-refractivity contribution in [3.8, 4) is 0 Å². The Morgan fingerprint density at radius 1 is 1.45 bits per heavy atom. The number of likely N-dealkylation sites (tertiary alicyclic amines) is 1. The topological polar surface area (TPSA) is 41.6 Å². The molecule has 1 fully saturated rings. The van der Waals surface area contributed by atoms with Gasteiger partial charge in [0.15, 0.2) is 0 Å². The van der Waals surface area contributed by atoms with E-state index in [4.69, 9.17) is 4.74 Å². The highest BCUT2D eigenvalue weighted by Crippen LogP contribution is 2.16. The molecule has 1 aliphatic rings. The minimum Gasteiger partial charge on any atom is -0.381 e. The van der Waals surface area contributed by atoms with Crippen molar-refractivity contribution in [2.45, 2.75) is 30.4 Å². The molecule has 0 atom stereocenters. The van der Waals surface area contributed by atoms with E-state index in [1.54, 1.807) is 18.9 Å². The number of hydrogen-bond acceptors (Lipinski definition) is 3. The number of piperidine rings is 1. The van der Waals surface area contributed by atoms with Crippen LogP contribution in [0.2, 0.25) is 0 Å². The number of benzene rings is 1. The second-order valence-corrected chi connectivity index (χ2v) is 5.81. The van der Waals surface area contributed by atoms with Crippen molar-refractivity contribution in [2.75, 3.05) is 26.5 Å². The van der Waals surface area contributed by atoms with Crippen molar-refractivity contribution in [1.29, 1.82) is 0 Å². The van der Waals surface area contributed by atoms with Gasteiger partial charge in [0.05, 0.1) is 6.10 Å². The van der Waals surface area contributed by atoms with Crippen LogP contribution in [0.25, 0.3) is 0 Å². The fourth-order valence-electron chi connectivity index (χ4n) is 2.37. The van der Waals surface area contributed by atoms with Crippen molar-refractivity contribution in [1.82, 2.24) is 10.2 Å². The monoisotopic (exact) mass is 294 g/mol. The van der Waals surface area contributed by atoms with Crippen molar-refractivity contribution >= 4 is 17.8 Å². The number of nitrogens with zero attached hydrogens (tertiary/aromatic N) is 1. The van der Waals surface area contributed by atoms with E-state index in [2.05, 4.69) is 23.7 Å². The third-order valence-electron chi connectivity index (χ3n) is 3.64. The molecule has 1 heterocycles. The summed E-state index contributed by atoms with van der Waals surface area (Å²) in [7, 11) is 1.74. The van der Waals surface area contributed by atoms with Crippen LogP contribution in [0.1, 0.15) is 18.4 Å². The molecule has 2 amide bonds. The minimum atomic E-state index is 0.0223. The molecule has 0 bridgehead atoms. The van der Waals surface area contributed by atoms with Crippen LogP contribution in [0.15, 0.2) is 29.2 Å². The molecule has 0 saturated carbocycles. The van der Waals surface area contributed by atoms with Gasteiger partial charge in [-0.3, -0.25) is 0 Å². The molecule has 1 N–H and O–H groups in total. The van der Waals surface area contributed by atoms with E-state index < -0.39 is 0 Å². The van der Waals surface area contributed by atoms with E-state index in [-0.39, 0.29) is 6.03 Å². The number of amides is 2. The number of ether oxygens (including phenoxy) is 1. The van der Waals surface area contributed by atoms with Crippen LogP contribution in [-0.2, 0) is 11.3 Å². The van der Waals surface area contributed by atoms with E-state index in [1.165, 1.54) is 4.90 Å². The summed E-state index contributed by atoms with van der Waals surface area (Å²) in [5.74, 6) is 0. The van der Waals surface area contributed by atoms with E-state index in [0.29, 0.717) is 12.6 Å². The lowest BCUT2D eigenvalue weighted by molar-refractivity contribution is 0.0503. The van der Waals surface area contributed by atoms with Crippen molar-refractivity contribution in [3.05, 3.63) is 29.8 Å². The van der Waals surface area contributed by atoms with Gasteiger partial charge in [-0.25, -0.2) is 4.79 Å². The molecule has 0 spiro atoms. The molecule has 1 aromatic carbocycles. The van der Waals surface area contributed by atoms with E-state index in [9.17, 15) is 4.79 Å². The Labute approximate surface area is 124 Å². The number of carbonyl (C=O) groups is 1. The van der Waals surface area contributed by atoms with Crippen LogP contribution in [0.5, 0.6) is 0 Å². The summed E-state index contributed by atoms with van der Waals surface area (Å²) in [6.45, 7) is 2.13. The average Bonchev–Trinajstić information content (AvgIpc) is 2.53. The summed E-state index contributed by atoms with van der Waals surface area (Å²) in [4.78, 5) is 15.2. The molecule has 1 aliphatic heterocycles. The smallest absolute Gasteiger partial charge is 0.317 e. The van der Waals surface area contributed by atoms with Gasteiger partial charge in [0.1, 0.15) is 0 Å². The summed E-state index contributed by atoms with van der Waals surface area (Å²) >= 11 is 1.71. The zero-order valence-corrected chi connectivity index (χ0v) is 12.9. The predicted molar refractivity (Wildman–Crippen MR) is 82.1 cm³/mol. The van der Waals surface area contributed by atoms with Gasteiger partial charge >= 0.3 is 6.03 Å². The number of urea groups is 1. The van der Waals surface area contributed by atoms with Gasteiger partial charge in [0.2, 0.25) is 0 Å². The van der Waals surface area contributed by atoms with Crippen molar-refractivity contribution in [3.63, 3.8) is 0 Å². The Morgan fingerprint density at radius 2 is 2.20 bits per heavy atom. The molecule has 1 saturated heterocycles. The van der Waals surface area contributed by atoms with Crippen molar-refractivity contribution in [2.24, 2.45) is 0 Å². The molecular formula is C15H22N2O2S. The fourth-order valence-corrected chi connectivity index (χ4v) is 2.85. The van der Waals surface area contributed by atoms with Gasteiger partial charge in [-0.15, -0.1) is 11.8 Å². The molecule has 110 valence electrons. The van der Waals surface area contributed by atoms with Gasteiger partial charge in [-0.2, -0.15) is 0 Å². The third-order valence-corrected chi connectivity index (χ3v) is 4.37. The quantitative estimate of drug-likeness (QED) is 0.868. The Morgan fingerprint density at radius 3 is 2.85 bits per heavy atom. The summed E-state index contributed by atoms with van der Waals surface area (Å²) in [5, 5.41) is 2.99. The highest BCUT2D eigenvalue weighted by molar-refractivity contribution is 7.98. The number of carbonyl (C=O) groups excluding carboxylic acids is 1. The first-order valence-corrected chi connectivity index (χ1v) is 8.14. The molecular weight excluding hydrogens is 272 g/mol. The summed E-state index contributed by atoms with van der Waals surface area (Å²) in [6.07, 6.45) is 4.20. The Balaban J connectivity index is 1.80. The second-order valence-electron chi connectivity index (χ2n) is 4.93. The van der Waals surface area contributed by atoms with Crippen LogP contribution in [0.3, 0.4) is 0 Å². The molecule has 0 aromatic heterocycles. The lowest BCUT2D eigenvalue weighted by atomic mass is 10.1. The number of nitrogens with one attached hydrogen (secondary N) is 1. The zero-order chi connectivity index (χ0) is 14.4. The fraction of sp³-hybridized carbons (Fsp3) is 0.533. The first kappa shape index (κ1) is 15.2. The lowest BCUT2D eigenvalue weighted by Crippen LogP contribution is -2.45. The Hall–Kier alpha value is -1.20. The number of rotatable bonds is 4. The molecule has 1 aromatic rings. The maximum Gasteiger partial charge on any atom is 0.317 e. The van der Waals surface area contributed by atoms with E-state index in [0.717, 1.165) is 31.5 Å². The van der Waals surface area contributed by atoms with Crippen LogP contribution >= 0.6 is 11.8 Å². The summed E-state index contributed by atoms with van der Waals surface area (Å²) in [6, 6.07) is 8.27. The molecule has 0 aliphatic carbocycles. The molecule has 2 rings (SSSR count). The lowest BCUT2D eigenvalue weighted by Gasteiger charge is -2.31. The minimum absolute atomic E-state index is 0.0223. The first-order valence-electron chi connectivity index (χ1n) is 6.91. The molecule has 0 radical (unpaired) electrons. The van der Waals surface area contributed by atoms with Crippen LogP contribution < -0.4 is 5.32 Å². The average molecular weight is 294 g/mol. The van der Waals surface area contributed by atoms with E-state index in [1.807, 2.05) is 17.0 Å². The normalized spacial score (nSPS) is 16.2. The first-order chi connectivity index (χ1) is 9.72. The van der Waals surface area contributed by atoms with Gasteiger partial charge in [-0.05, 0) is 36.8 Å². The van der Waals surface area contributed by atoms with Gasteiger partial charge < -0.3 is 15.0 Å². The largest absolute Gasteiger partial charge is 0.381 e. The third kappa shape index (κ3) is 4.15. The van der Waals surface area contributed by atoms with Gasteiger partial charge in [-0.1, -0.05) is 12.1 Å². The van der Waals surface area contributed by atoms with Crippen LogP contribution in [0, 0.1) is 0 Å². The predicted octanol–water partition coefficient (Wildman–Crippen LogP) is 2.73. The SMILES string of the molecule is COC1CCN(C(=O)NCc2cccc(SC)c2)CC1. The Bertz CT molecular complexity index is 445. The van der Waals surface area contributed by atoms with Crippen molar-refractivity contribution < 1.29 is 9.53 Å². The highest BCUT2D eigenvalue weighted by atomic mass is 32.2. The number of thioether (sulfide) groups is 1. The number of methoxy groups -OCH3 is 1. The van der Waals surface area contributed by atoms with Gasteiger partial charge in [0, 0.05) is 31.6 Å². The molecule has 4 nitrogen and oxygen atoms in total. The molecule has 0 unspecified atom stereocenters. The van der Waals surface area contributed by atoms with Crippen LogP contribution in [0.4, 0.5) is 4.79 Å².